The van der Waals surface area contributed by atoms with Crippen molar-refractivity contribution in [3.05, 3.63) is 29.8 Å². The Morgan fingerprint density at radius 2 is 1.94 bits per heavy atom. The first-order valence-corrected chi connectivity index (χ1v) is 5.05. The summed E-state index contributed by atoms with van der Waals surface area (Å²) in [4.78, 5) is 11.8. The number of hydrazine groups is 1. The topological polar surface area (TPSA) is 115 Å². The van der Waals surface area contributed by atoms with Gasteiger partial charge < -0.3 is 16.5 Å². The van der Waals surface area contributed by atoms with Gasteiger partial charge in [0, 0.05) is 6.20 Å². The lowest BCUT2D eigenvalue weighted by Crippen LogP contribution is -2.12. The van der Waals surface area contributed by atoms with Gasteiger partial charge in [0.1, 0.15) is 12.0 Å². The molecule has 7 nitrogen and oxygen atoms in total. The van der Waals surface area contributed by atoms with Crippen LogP contribution >= 0.6 is 11.6 Å². The summed E-state index contributed by atoms with van der Waals surface area (Å²) in [5, 5.41) is 3.28. The molecule has 2 aromatic heterocycles. The fourth-order valence-electron chi connectivity index (χ4n) is 1.22. The Morgan fingerprint density at radius 3 is 2.65 bits per heavy atom. The number of aromatic nitrogens is 3. The van der Waals surface area contributed by atoms with Crippen molar-refractivity contribution in [1.82, 2.24) is 15.0 Å². The first-order chi connectivity index (χ1) is 8.22. The Labute approximate surface area is 102 Å². The molecule has 0 fully saturated rings. The molecule has 6 N–H and O–H groups in total. The van der Waals surface area contributed by atoms with Crippen molar-refractivity contribution in [2.24, 2.45) is 5.84 Å². The predicted octanol–water partition coefficient (Wildman–Crippen LogP) is 1.14. The second-order valence-electron chi connectivity index (χ2n) is 3.10. The molecule has 0 aromatic carbocycles. The number of halogens is 1. The lowest BCUT2D eigenvalue weighted by atomic mass is 10.4. The molecular weight excluding hydrogens is 242 g/mol. The van der Waals surface area contributed by atoms with E-state index in [1.54, 1.807) is 18.3 Å². The highest BCUT2D eigenvalue weighted by Gasteiger charge is 2.08. The normalized spacial score (nSPS) is 10.0. The standard InChI is InChI=1S/C9H10ClN7/c10-7-5(2-1-3-13-7)16-8-6(11)9(17-12)15-4-14-8/h1-4H,11-12H2,(H2,14,15,16,17). The number of pyridine rings is 1. The van der Waals surface area contributed by atoms with E-state index in [1.807, 2.05) is 0 Å². The van der Waals surface area contributed by atoms with Gasteiger partial charge in [-0.05, 0) is 12.1 Å². The van der Waals surface area contributed by atoms with Crippen LogP contribution in [0.2, 0.25) is 5.15 Å². The van der Waals surface area contributed by atoms with Crippen LogP contribution in [-0.2, 0) is 0 Å². The molecule has 0 saturated heterocycles. The number of anilines is 4. The summed E-state index contributed by atoms with van der Waals surface area (Å²) in [5.41, 5.74) is 9.07. The molecule has 2 aromatic rings. The van der Waals surface area contributed by atoms with Crippen molar-refractivity contribution in [3.8, 4) is 0 Å². The van der Waals surface area contributed by atoms with E-state index < -0.39 is 0 Å². The lowest BCUT2D eigenvalue weighted by molar-refractivity contribution is 1.14. The van der Waals surface area contributed by atoms with Crippen LogP contribution in [0.15, 0.2) is 24.7 Å². The summed E-state index contributed by atoms with van der Waals surface area (Å²) in [6.07, 6.45) is 2.92. The number of rotatable bonds is 3. The Balaban J connectivity index is 2.34. The maximum Gasteiger partial charge on any atom is 0.168 e. The number of nitrogens with one attached hydrogen (secondary N) is 2. The van der Waals surface area contributed by atoms with Crippen LogP contribution < -0.4 is 22.3 Å². The molecule has 88 valence electrons. The van der Waals surface area contributed by atoms with E-state index in [2.05, 4.69) is 25.7 Å². The Hall–Kier alpha value is -2.12. The molecule has 0 atom stereocenters. The monoisotopic (exact) mass is 251 g/mol. The minimum absolute atomic E-state index is 0.301. The van der Waals surface area contributed by atoms with Crippen LogP contribution in [0.25, 0.3) is 0 Å². The second-order valence-corrected chi connectivity index (χ2v) is 3.45. The zero-order chi connectivity index (χ0) is 12.3. The number of hydrogen-bond acceptors (Lipinski definition) is 7. The van der Waals surface area contributed by atoms with Gasteiger partial charge in [-0.15, -0.1) is 0 Å². The van der Waals surface area contributed by atoms with Gasteiger partial charge in [-0.25, -0.2) is 20.8 Å². The Morgan fingerprint density at radius 1 is 1.18 bits per heavy atom. The first kappa shape index (κ1) is 11.4. The number of nitrogen functional groups attached to an aromatic ring is 2. The summed E-state index contributed by atoms with van der Waals surface area (Å²) in [6, 6.07) is 3.50. The molecule has 0 aliphatic rings. The van der Waals surface area contributed by atoms with Gasteiger partial charge in [0.15, 0.2) is 16.8 Å². The van der Waals surface area contributed by atoms with Crippen molar-refractivity contribution < 1.29 is 0 Å². The van der Waals surface area contributed by atoms with Crippen LogP contribution in [0.1, 0.15) is 0 Å². The summed E-state index contributed by atoms with van der Waals surface area (Å²) in [5.74, 6) is 6.00. The molecule has 2 rings (SSSR count). The first-order valence-electron chi connectivity index (χ1n) is 4.67. The van der Waals surface area contributed by atoms with Gasteiger partial charge in [0.05, 0.1) is 5.69 Å². The van der Waals surface area contributed by atoms with Gasteiger partial charge >= 0.3 is 0 Å². The van der Waals surface area contributed by atoms with Crippen molar-refractivity contribution in [1.29, 1.82) is 0 Å². The van der Waals surface area contributed by atoms with E-state index in [9.17, 15) is 0 Å². The highest BCUT2D eigenvalue weighted by Crippen LogP contribution is 2.27. The minimum Gasteiger partial charge on any atom is -0.393 e. The van der Waals surface area contributed by atoms with E-state index in [4.69, 9.17) is 23.2 Å². The highest BCUT2D eigenvalue weighted by molar-refractivity contribution is 6.32. The van der Waals surface area contributed by atoms with Crippen LogP contribution in [0.3, 0.4) is 0 Å². The minimum atomic E-state index is 0.301. The summed E-state index contributed by atoms with van der Waals surface area (Å²) >= 11 is 5.90. The van der Waals surface area contributed by atoms with Crippen LogP contribution in [0, 0.1) is 0 Å². The van der Waals surface area contributed by atoms with Crippen molar-refractivity contribution in [2.45, 2.75) is 0 Å². The summed E-state index contributed by atoms with van der Waals surface area (Å²) in [6.45, 7) is 0. The lowest BCUT2D eigenvalue weighted by Gasteiger charge is -2.10. The predicted molar refractivity (Wildman–Crippen MR) is 66.8 cm³/mol. The largest absolute Gasteiger partial charge is 0.393 e. The number of nitrogens with zero attached hydrogens (tertiary/aromatic N) is 3. The van der Waals surface area contributed by atoms with Crippen LogP contribution in [0.4, 0.5) is 23.0 Å². The molecule has 0 amide bonds. The van der Waals surface area contributed by atoms with E-state index >= 15 is 0 Å². The van der Waals surface area contributed by atoms with Gasteiger partial charge in [0.25, 0.3) is 0 Å². The fourth-order valence-corrected chi connectivity index (χ4v) is 1.38. The van der Waals surface area contributed by atoms with Gasteiger partial charge in [-0.2, -0.15) is 0 Å². The third-order valence-electron chi connectivity index (χ3n) is 2.03. The SMILES string of the molecule is NNc1ncnc(Nc2cccnc2Cl)c1N. The molecule has 2 heterocycles. The van der Waals surface area contributed by atoms with Gasteiger partial charge in [0.2, 0.25) is 0 Å². The molecule has 0 unspecified atom stereocenters. The van der Waals surface area contributed by atoms with Crippen LogP contribution in [-0.4, -0.2) is 15.0 Å². The summed E-state index contributed by atoms with van der Waals surface area (Å²) in [7, 11) is 0. The highest BCUT2D eigenvalue weighted by atomic mass is 35.5. The molecule has 0 aliphatic heterocycles. The maximum absolute atomic E-state index is 5.90. The van der Waals surface area contributed by atoms with Crippen molar-refractivity contribution >= 4 is 34.6 Å². The van der Waals surface area contributed by atoms with E-state index in [-0.39, 0.29) is 0 Å². The molecule has 0 bridgehead atoms. The van der Waals surface area contributed by atoms with E-state index in [0.717, 1.165) is 0 Å². The number of nitrogens with two attached hydrogens (primary N) is 2. The smallest absolute Gasteiger partial charge is 0.168 e. The Kier molecular flexibility index (Phi) is 3.22. The van der Waals surface area contributed by atoms with Gasteiger partial charge in [-0.3, -0.25) is 0 Å². The second kappa shape index (κ2) is 4.81. The fraction of sp³-hybridized carbons (Fsp3) is 0. The molecule has 17 heavy (non-hydrogen) atoms. The summed E-state index contributed by atoms with van der Waals surface area (Å²) < 4.78 is 0. The third-order valence-corrected chi connectivity index (χ3v) is 2.33. The molecular formula is C9H10ClN7. The molecule has 0 saturated carbocycles. The maximum atomic E-state index is 5.90. The van der Waals surface area contributed by atoms with E-state index in [1.165, 1.54) is 6.33 Å². The third kappa shape index (κ3) is 2.35. The molecule has 0 radical (unpaired) electrons. The average molecular weight is 252 g/mol. The zero-order valence-electron chi connectivity index (χ0n) is 8.68. The molecule has 0 aliphatic carbocycles. The molecule has 8 heteroatoms. The zero-order valence-corrected chi connectivity index (χ0v) is 9.44. The van der Waals surface area contributed by atoms with Gasteiger partial charge in [-0.1, -0.05) is 11.6 Å². The number of hydrogen-bond donors (Lipinski definition) is 4. The quantitative estimate of drug-likeness (QED) is 0.367. The van der Waals surface area contributed by atoms with Crippen molar-refractivity contribution in [2.75, 3.05) is 16.5 Å². The van der Waals surface area contributed by atoms with E-state index in [0.29, 0.717) is 28.2 Å². The molecule has 0 spiro atoms. The average Bonchev–Trinajstić information content (AvgIpc) is 2.34. The van der Waals surface area contributed by atoms with Crippen molar-refractivity contribution in [3.63, 3.8) is 0 Å². The Bertz CT molecular complexity index is 531. The van der Waals surface area contributed by atoms with Crippen LogP contribution in [0.5, 0.6) is 0 Å².